The van der Waals surface area contributed by atoms with Crippen LogP contribution < -0.4 is 10.1 Å². The van der Waals surface area contributed by atoms with E-state index >= 15 is 0 Å². The molecule has 1 atom stereocenters. The molecule has 0 spiro atoms. The standard InChI is InChI=1S/C19H24N2O3S/c1-12-20-16(13-5-7-15(23-4)8-6-13)17(25-12)18(22)21-14-9-10-24-19(2,3)11-14/h5-8,14H,9-11H2,1-4H3,(H,21,22)/t14-/m1/s1. The summed E-state index contributed by atoms with van der Waals surface area (Å²) in [6.45, 7) is 6.72. The van der Waals surface area contributed by atoms with Gasteiger partial charge in [-0.15, -0.1) is 11.3 Å². The number of thiazole rings is 1. The zero-order valence-electron chi connectivity index (χ0n) is 15.1. The molecule has 1 amide bonds. The van der Waals surface area contributed by atoms with Gasteiger partial charge in [0.1, 0.15) is 10.6 Å². The number of carbonyl (C=O) groups is 1. The first kappa shape index (κ1) is 17.9. The highest BCUT2D eigenvalue weighted by molar-refractivity contribution is 7.14. The average Bonchev–Trinajstić information content (AvgIpc) is 2.96. The van der Waals surface area contributed by atoms with Gasteiger partial charge in [-0.05, 0) is 57.9 Å². The van der Waals surface area contributed by atoms with Gasteiger partial charge in [-0.1, -0.05) is 0 Å². The van der Waals surface area contributed by atoms with Crippen LogP contribution in [-0.4, -0.2) is 36.3 Å². The van der Waals surface area contributed by atoms with Crippen molar-refractivity contribution in [3.63, 3.8) is 0 Å². The normalized spacial score (nSPS) is 19.4. The molecule has 3 rings (SSSR count). The number of benzene rings is 1. The van der Waals surface area contributed by atoms with Gasteiger partial charge < -0.3 is 14.8 Å². The molecule has 1 fully saturated rings. The molecule has 25 heavy (non-hydrogen) atoms. The molecule has 0 unspecified atom stereocenters. The molecule has 134 valence electrons. The second-order valence-corrected chi connectivity index (χ2v) is 8.11. The quantitative estimate of drug-likeness (QED) is 0.900. The molecule has 0 radical (unpaired) electrons. The number of hydrogen-bond acceptors (Lipinski definition) is 5. The lowest BCUT2D eigenvalue weighted by Gasteiger charge is -2.35. The van der Waals surface area contributed by atoms with Crippen LogP contribution in [0.2, 0.25) is 0 Å². The Morgan fingerprint density at radius 3 is 2.72 bits per heavy atom. The number of ether oxygens (including phenoxy) is 2. The second-order valence-electron chi connectivity index (χ2n) is 6.91. The van der Waals surface area contributed by atoms with Gasteiger partial charge in [0.05, 0.1) is 23.4 Å². The van der Waals surface area contributed by atoms with Gasteiger partial charge in [0.25, 0.3) is 5.91 Å². The van der Waals surface area contributed by atoms with Crippen molar-refractivity contribution in [3.8, 4) is 17.0 Å². The van der Waals surface area contributed by atoms with Crippen LogP contribution in [-0.2, 0) is 4.74 Å². The van der Waals surface area contributed by atoms with E-state index in [0.717, 1.165) is 34.9 Å². The van der Waals surface area contributed by atoms with Crippen LogP contribution in [0.1, 0.15) is 41.4 Å². The highest BCUT2D eigenvalue weighted by Crippen LogP contribution is 2.30. The molecule has 1 saturated heterocycles. The maximum Gasteiger partial charge on any atom is 0.263 e. The lowest BCUT2D eigenvalue weighted by molar-refractivity contribution is -0.0615. The molecule has 5 nitrogen and oxygen atoms in total. The topological polar surface area (TPSA) is 60.5 Å². The lowest BCUT2D eigenvalue weighted by Crippen LogP contribution is -2.45. The van der Waals surface area contributed by atoms with Gasteiger partial charge in [0, 0.05) is 18.2 Å². The second kappa shape index (κ2) is 7.14. The zero-order chi connectivity index (χ0) is 18.0. The van der Waals surface area contributed by atoms with Crippen LogP contribution in [0.5, 0.6) is 5.75 Å². The minimum absolute atomic E-state index is 0.0564. The Labute approximate surface area is 152 Å². The van der Waals surface area contributed by atoms with E-state index in [0.29, 0.717) is 11.5 Å². The summed E-state index contributed by atoms with van der Waals surface area (Å²) in [6, 6.07) is 7.75. The van der Waals surface area contributed by atoms with Crippen LogP contribution in [0.25, 0.3) is 11.3 Å². The van der Waals surface area contributed by atoms with Crippen LogP contribution in [0.15, 0.2) is 24.3 Å². The third-order valence-electron chi connectivity index (χ3n) is 4.34. The van der Waals surface area contributed by atoms with Gasteiger partial charge in [-0.2, -0.15) is 0 Å². The first-order valence-corrected chi connectivity index (χ1v) is 9.26. The highest BCUT2D eigenvalue weighted by atomic mass is 32.1. The molecule has 6 heteroatoms. The molecule has 0 bridgehead atoms. The third kappa shape index (κ3) is 4.19. The van der Waals surface area contributed by atoms with Crippen molar-refractivity contribution in [3.05, 3.63) is 34.2 Å². The number of methoxy groups -OCH3 is 1. The van der Waals surface area contributed by atoms with Gasteiger partial charge in [0.15, 0.2) is 0 Å². The molecule has 2 heterocycles. The molecule has 1 aromatic heterocycles. The maximum absolute atomic E-state index is 12.8. The fourth-order valence-corrected chi connectivity index (χ4v) is 3.98. The SMILES string of the molecule is COc1ccc(-c2nc(C)sc2C(=O)N[C@@H]2CCOC(C)(C)C2)cc1. The molecule has 0 saturated carbocycles. The Balaban J connectivity index is 1.81. The number of hydrogen-bond donors (Lipinski definition) is 1. The average molecular weight is 360 g/mol. The monoisotopic (exact) mass is 360 g/mol. The summed E-state index contributed by atoms with van der Waals surface area (Å²) in [7, 11) is 1.64. The predicted molar refractivity (Wildman–Crippen MR) is 99.4 cm³/mol. The lowest BCUT2D eigenvalue weighted by atomic mass is 9.94. The number of aryl methyl sites for hydroxylation is 1. The van der Waals surface area contributed by atoms with E-state index in [1.165, 1.54) is 11.3 Å². The van der Waals surface area contributed by atoms with Gasteiger partial charge in [-0.25, -0.2) is 4.98 Å². The number of rotatable bonds is 4. The van der Waals surface area contributed by atoms with E-state index in [4.69, 9.17) is 9.47 Å². The first-order chi connectivity index (χ1) is 11.9. The first-order valence-electron chi connectivity index (χ1n) is 8.44. The molecule has 0 aliphatic carbocycles. The van der Waals surface area contributed by atoms with Crippen LogP contribution in [0.4, 0.5) is 0 Å². The number of carbonyl (C=O) groups excluding carboxylic acids is 1. The van der Waals surface area contributed by atoms with E-state index in [1.807, 2.05) is 31.2 Å². The fourth-order valence-electron chi connectivity index (χ4n) is 3.13. The molecule has 2 aromatic rings. The summed E-state index contributed by atoms with van der Waals surface area (Å²) >= 11 is 1.43. The van der Waals surface area contributed by atoms with Gasteiger partial charge in [-0.3, -0.25) is 4.79 Å². The van der Waals surface area contributed by atoms with E-state index < -0.39 is 0 Å². The predicted octanol–water partition coefficient (Wildman–Crippen LogP) is 3.81. The smallest absolute Gasteiger partial charge is 0.263 e. The largest absolute Gasteiger partial charge is 0.497 e. The summed E-state index contributed by atoms with van der Waals surface area (Å²) in [5.41, 5.74) is 1.45. The molecule has 1 aromatic carbocycles. The Hall–Kier alpha value is -1.92. The van der Waals surface area contributed by atoms with Crippen molar-refractivity contribution in [2.75, 3.05) is 13.7 Å². The van der Waals surface area contributed by atoms with E-state index in [2.05, 4.69) is 24.1 Å². The van der Waals surface area contributed by atoms with Crippen LogP contribution >= 0.6 is 11.3 Å². The molecular weight excluding hydrogens is 336 g/mol. The zero-order valence-corrected chi connectivity index (χ0v) is 15.9. The van der Waals surface area contributed by atoms with E-state index in [1.54, 1.807) is 7.11 Å². The van der Waals surface area contributed by atoms with Crippen molar-refractivity contribution < 1.29 is 14.3 Å². The Morgan fingerprint density at radius 2 is 2.08 bits per heavy atom. The van der Waals surface area contributed by atoms with Gasteiger partial charge >= 0.3 is 0 Å². The molecule has 1 aliphatic heterocycles. The maximum atomic E-state index is 12.8. The molecule has 1 aliphatic rings. The summed E-state index contributed by atoms with van der Waals surface area (Å²) in [5, 5.41) is 4.04. The summed E-state index contributed by atoms with van der Waals surface area (Å²) in [4.78, 5) is 18.1. The van der Waals surface area contributed by atoms with Crippen molar-refractivity contribution in [2.24, 2.45) is 0 Å². The van der Waals surface area contributed by atoms with Crippen molar-refractivity contribution in [1.82, 2.24) is 10.3 Å². The number of nitrogens with one attached hydrogen (secondary N) is 1. The van der Waals surface area contributed by atoms with Crippen LogP contribution in [0, 0.1) is 6.92 Å². The number of amides is 1. The highest BCUT2D eigenvalue weighted by Gasteiger charge is 2.30. The minimum Gasteiger partial charge on any atom is -0.497 e. The summed E-state index contributed by atoms with van der Waals surface area (Å²) in [6.07, 6.45) is 1.65. The van der Waals surface area contributed by atoms with Gasteiger partial charge in [0.2, 0.25) is 0 Å². The minimum atomic E-state index is -0.196. The summed E-state index contributed by atoms with van der Waals surface area (Å²) < 4.78 is 10.9. The number of nitrogens with zero attached hydrogens (tertiary/aromatic N) is 1. The molecular formula is C19H24N2O3S. The number of aromatic nitrogens is 1. The van der Waals surface area contributed by atoms with Crippen molar-refractivity contribution >= 4 is 17.2 Å². The summed E-state index contributed by atoms with van der Waals surface area (Å²) in [5.74, 6) is 0.727. The Bertz CT molecular complexity index is 753. The van der Waals surface area contributed by atoms with Crippen molar-refractivity contribution in [2.45, 2.75) is 45.3 Å². The van der Waals surface area contributed by atoms with Crippen LogP contribution in [0.3, 0.4) is 0 Å². The molecule has 1 N–H and O–H groups in total. The fraction of sp³-hybridized carbons (Fsp3) is 0.474. The van der Waals surface area contributed by atoms with Crippen molar-refractivity contribution in [1.29, 1.82) is 0 Å². The van der Waals surface area contributed by atoms with E-state index in [-0.39, 0.29) is 17.6 Å². The Morgan fingerprint density at radius 1 is 1.36 bits per heavy atom. The Kier molecular flexibility index (Phi) is 5.11. The van der Waals surface area contributed by atoms with E-state index in [9.17, 15) is 4.79 Å². The third-order valence-corrected chi connectivity index (χ3v) is 5.31.